The number of nitrogens with zero attached hydrogens (tertiary/aromatic N) is 5. The van der Waals surface area contributed by atoms with Crippen LogP contribution < -0.4 is 51.0 Å². The molecule has 0 amide bonds. The van der Waals surface area contributed by atoms with E-state index in [0.717, 1.165) is 94.9 Å². The lowest BCUT2D eigenvalue weighted by atomic mass is 9.36. The van der Waals surface area contributed by atoms with Crippen molar-refractivity contribution in [1.82, 2.24) is 0 Å². The maximum atomic E-state index is 16.9. The molecular formula is C119H126B2FN5S2. The van der Waals surface area contributed by atoms with Gasteiger partial charge in [-0.3, -0.25) is 0 Å². The van der Waals surface area contributed by atoms with E-state index in [2.05, 4.69) is 388 Å². The number of nitriles is 1. The molecule has 1 unspecified atom stereocenters. The van der Waals surface area contributed by atoms with Crippen LogP contribution in [-0.2, 0) is 54.1 Å². The Labute approximate surface area is 777 Å². The Bertz CT molecular complexity index is 7060. The van der Waals surface area contributed by atoms with Crippen molar-refractivity contribution in [2.45, 2.75) is 273 Å². The van der Waals surface area contributed by atoms with Gasteiger partial charge in [-0.05, 0) is 316 Å². The Morgan fingerprint density at radius 2 is 0.713 bits per heavy atom. The zero-order valence-corrected chi connectivity index (χ0v) is 82.7. The van der Waals surface area contributed by atoms with E-state index < -0.39 is 0 Å². The molecule has 0 saturated heterocycles. The van der Waals surface area contributed by atoms with Gasteiger partial charge in [0.05, 0.1) is 34.4 Å². The van der Waals surface area contributed by atoms with Gasteiger partial charge in [-0.2, -0.15) is 5.26 Å². The Hall–Kier alpha value is -10.7. The second-order valence-corrected chi connectivity index (χ2v) is 49.3. The van der Waals surface area contributed by atoms with Crippen molar-refractivity contribution in [3.05, 3.63) is 297 Å². The Kier molecular flexibility index (Phi) is 19.7. The first kappa shape index (κ1) is 86.4. The summed E-state index contributed by atoms with van der Waals surface area (Å²) in [6, 6.07) is 86.6. The number of rotatable bonds is 10. The Balaban J connectivity index is 0.723. The summed E-state index contributed by atoms with van der Waals surface area (Å²) in [6.45, 7) is 61.7. The van der Waals surface area contributed by atoms with E-state index in [1.165, 1.54) is 147 Å². The molecule has 652 valence electrons. The first-order valence-electron chi connectivity index (χ1n) is 47.4. The van der Waals surface area contributed by atoms with Crippen molar-refractivity contribution < 1.29 is 4.39 Å². The SMILES string of the molecule is Cc1cc2c3c(c1)N(c1ccc(C(C)(C)CCC4(C)CCC(C)(C)c5cc6c7c(sc6cc54)B4c5cc(C(C)(C)C)ccc5N(c5ccc(C(C)(C)C)cc5-c5ccccc5C#N)c5cc(C)cc(c54)N7c4ccc(C(C)(C)C)cc4)cc1)c1c(sc4cc5c(cc14)C(C)(C)CCC5(C)C)B3c1cc(C(C)(C)C)ccc1N2c1ccc(C(C)(C)C)cc1-c1ccccc1F. The van der Waals surface area contributed by atoms with Crippen LogP contribution in [0.25, 0.3) is 42.4 Å². The smallest absolute Gasteiger partial charge is 0.264 e. The van der Waals surface area contributed by atoms with Crippen LogP contribution in [-0.4, -0.2) is 13.4 Å². The number of aryl methyl sites for hydroxylation is 2. The minimum atomic E-state index is -0.228. The highest BCUT2D eigenvalue weighted by Crippen LogP contribution is 2.59. The van der Waals surface area contributed by atoms with E-state index in [4.69, 9.17) is 0 Å². The van der Waals surface area contributed by atoms with E-state index in [1.807, 2.05) is 53.0 Å². The monoisotopic (exact) mass is 1730 g/mol. The third-order valence-corrected chi connectivity index (χ3v) is 33.5. The zero-order chi connectivity index (χ0) is 91.4. The molecule has 2 aromatic heterocycles. The van der Waals surface area contributed by atoms with Crippen molar-refractivity contribution in [3.63, 3.8) is 0 Å². The number of anilines is 12. The highest BCUT2D eigenvalue weighted by atomic mass is 32.1. The fraction of sp³-hybridized carbons (Fsp3) is 0.353. The van der Waals surface area contributed by atoms with Crippen LogP contribution in [0, 0.1) is 31.0 Å². The third kappa shape index (κ3) is 14.0. The lowest BCUT2D eigenvalue weighted by Gasteiger charge is -2.45. The molecule has 1 atom stereocenters. The molecule has 20 rings (SSSR count). The average Bonchev–Trinajstić information content (AvgIpc) is 1.61. The van der Waals surface area contributed by atoms with Crippen LogP contribution >= 0.6 is 22.7 Å². The van der Waals surface area contributed by atoms with Crippen LogP contribution in [0.5, 0.6) is 0 Å². The number of hydrogen-bond acceptors (Lipinski definition) is 7. The van der Waals surface area contributed by atoms with Crippen LogP contribution in [0.1, 0.15) is 277 Å². The summed E-state index contributed by atoms with van der Waals surface area (Å²) in [5.74, 6) is -0.228. The van der Waals surface area contributed by atoms with E-state index >= 15 is 4.39 Å². The van der Waals surface area contributed by atoms with Gasteiger partial charge >= 0.3 is 0 Å². The van der Waals surface area contributed by atoms with Gasteiger partial charge in [0.2, 0.25) is 0 Å². The minimum absolute atomic E-state index is 0.00608. The van der Waals surface area contributed by atoms with E-state index in [0.29, 0.717) is 11.1 Å². The van der Waals surface area contributed by atoms with Crippen LogP contribution in [0.15, 0.2) is 218 Å². The number of benzene rings is 12. The normalized spacial score (nSPS) is 17.2. The first-order valence-corrected chi connectivity index (χ1v) is 49.0. The lowest BCUT2D eigenvalue weighted by molar-refractivity contribution is 0.272. The molecule has 0 radical (unpaired) electrons. The number of thiophene rings is 2. The molecule has 5 nitrogen and oxygen atoms in total. The maximum Gasteiger partial charge on any atom is 0.264 e. The molecule has 4 aliphatic heterocycles. The van der Waals surface area contributed by atoms with Gasteiger partial charge in [0.15, 0.2) is 0 Å². The van der Waals surface area contributed by atoms with Crippen molar-refractivity contribution in [2.24, 2.45) is 0 Å². The second-order valence-electron chi connectivity index (χ2n) is 47.1. The molecule has 6 heterocycles. The maximum absolute atomic E-state index is 16.9. The summed E-state index contributed by atoms with van der Waals surface area (Å²) in [7, 11) is 0. The molecule has 0 spiro atoms. The Morgan fingerprint density at radius 1 is 0.357 bits per heavy atom. The van der Waals surface area contributed by atoms with Gasteiger partial charge in [-0.15, -0.1) is 22.7 Å². The molecular weight excluding hydrogens is 1600 g/mol. The number of halogens is 1. The van der Waals surface area contributed by atoms with Crippen molar-refractivity contribution in [1.29, 1.82) is 5.26 Å². The number of hydrogen-bond donors (Lipinski definition) is 0. The van der Waals surface area contributed by atoms with Gasteiger partial charge in [0, 0.05) is 97.5 Å². The average molecular weight is 1730 g/mol. The largest absolute Gasteiger partial charge is 0.311 e. The minimum Gasteiger partial charge on any atom is -0.311 e. The van der Waals surface area contributed by atoms with E-state index in [9.17, 15) is 5.26 Å². The topological polar surface area (TPSA) is 36.8 Å². The van der Waals surface area contributed by atoms with Gasteiger partial charge in [-0.25, -0.2) is 4.39 Å². The Morgan fingerprint density at radius 3 is 1.15 bits per heavy atom. The van der Waals surface area contributed by atoms with Crippen LogP contribution in [0.2, 0.25) is 0 Å². The van der Waals surface area contributed by atoms with E-state index in [-0.39, 0.29) is 73.4 Å². The fourth-order valence-corrected chi connectivity index (χ4v) is 25.4. The van der Waals surface area contributed by atoms with Gasteiger partial charge in [0.1, 0.15) is 5.82 Å². The number of fused-ring (bicyclic) bond motifs is 14. The van der Waals surface area contributed by atoms with Crippen molar-refractivity contribution in [3.8, 4) is 28.3 Å². The quantitative estimate of drug-likeness (QED) is 0.128. The molecule has 10 heteroatoms. The second kappa shape index (κ2) is 29.4. The summed E-state index contributed by atoms with van der Waals surface area (Å²) in [5, 5.41) is 13.6. The molecule has 0 N–H and O–H groups in total. The lowest BCUT2D eigenvalue weighted by Crippen LogP contribution is -2.60. The van der Waals surface area contributed by atoms with Gasteiger partial charge in [-0.1, -0.05) is 263 Å². The molecule has 2 aliphatic carbocycles. The molecule has 0 saturated carbocycles. The summed E-state index contributed by atoms with van der Waals surface area (Å²) in [5.41, 5.74) is 38.1. The third-order valence-electron chi connectivity index (χ3n) is 31.0. The van der Waals surface area contributed by atoms with Crippen LogP contribution in [0.4, 0.5) is 72.6 Å². The van der Waals surface area contributed by atoms with Crippen molar-refractivity contribution >= 4 is 156 Å². The zero-order valence-electron chi connectivity index (χ0n) is 81.1. The standard InChI is InChI=1S/C119H126B2FN5S2/c1-70-57-98-104-100(59-70)126(94-47-39-75(111(6,7)8)61-83(94)81-32-28-27-31-72(81)69-123)96-49-41-77(113(12,13)14)63-91(96)121(104)109-107(124(98)79-43-35-73(36-44-79)110(3,4)5)86-66-88-90(68-103(86)129-109)119(26,56-54-118(88,24)25)55-53-115(18,19)74-37-45-80(46-38-74)125-99-58-71(2)60-101-105(99)120(108-106(125)85-65-87-89(67-102(85)128-108)117(22,23)52-51-116(87,20)21)92-64-78(114(15,16)17)42-50-97(92)127(101)95-48-40-76(112(9,10)11)62-84(95)82-33-29-30-34-93(82)122/h27-50,57-68H,51-56H2,1-26H3. The summed E-state index contributed by atoms with van der Waals surface area (Å²) < 4.78 is 22.3. The predicted molar refractivity (Wildman–Crippen MR) is 557 cm³/mol. The predicted octanol–water partition coefficient (Wildman–Crippen LogP) is 30.2. The highest BCUT2D eigenvalue weighted by Gasteiger charge is 2.52. The highest BCUT2D eigenvalue weighted by molar-refractivity contribution is 7.34. The van der Waals surface area contributed by atoms with Crippen LogP contribution in [0.3, 0.4) is 0 Å². The van der Waals surface area contributed by atoms with Gasteiger partial charge in [0.25, 0.3) is 13.4 Å². The molecule has 129 heavy (non-hydrogen) atoms. The molecule has 0 fully saturated rings. The summed E-state index contributed by atoms with van der Waals surface area (Å²) in [6.07, 6.45) is 6.47. The molecule has 12 aromatic carbocycles. The molecule has 0 bridgehead atoms. The summed E-state index contributed by atoms with van der Waals surface area (Å²) >= 11 is 4.03. The first-order chi connectivity index (χ1) is 60.6. The van der Waals surface area contributed by atoms with Crippen molar-refractivity contribution in [2.75, 3.05) is 19.6 Å². The van der Waals surface area contributed by atoms with E-state index in [1.54, 1.807) is 6.07 Å². The molecule has 14 aromatic rings. The fourth-order valence-electron chi connectivity index (χ4n) is 22.7. The molecule has 6 aliphatic rings. The van der Waals surface area contributed by atoms with Gasteiger partial charge < -0.3 is 19.6 Å². The summed E-state index contributed by atoms with van der Waals surface area (Å²) in [4.78, 5) is 10.4.